The molecular formula is C87H97B3Br5N6O2. The summed E-state index contributed by atoms with van der Waals surface area (Å²) in [5.41, 5.74) is 38.2. The van der Waals surface area contributed by atoms with Gasteiger partial charge >= 0.3 is 10.9 Å². The molecule has 1 saturated heterocycles. The van der Waals surface area contributed by atoms with Crippen LogP contribution in [0.25, 0.3) is 10.9 Å². The highest BCUT2D eigenvalue weighted by Crippen LogP contribution is 2.46. The van der Waals surface area contributed by atoms with Crippen molar-refractivity contribution in [1.82, 2.24) is 4.98 Å². The highest BCUT2D eigenvalue weighted by atomic mass is 79.9. The van der Waals surface area contributed by atoms with Crippen molar-refractivity contribution in [3.8, 4) is 0 Å². The third-order valence-electron chi connectivity index (χ3n) is 22.0. The summed E-state index contributed by atoms with van der Waals surface area (Å²) in [6.07, 6.45) is 14.1. The van der Waals surface area contributed by atoms with Gasteiger partial charge in [-0.2, -0.15) is 0 Å². The molecule has 0 atom stereocenters. The molecule has 0 amide bonds. The van der Waals surface area contributed by atoms with Gasteiger partial charge in [-0.15, -0.1) is 47.3 Å². The van der Waals surface area contributed by atoms with Crippen LogP contribution in [0.2, 0.25) is 0 Å². The van der Waals surface area contributed by atoms with E-state index in [1.807, 2.05) is 58.2 Å². The highest BCUT2D eigenvalue weighted by molar-refractivity contribution is 9.69. The Labute approximate surface area is 657 Å². The first-order chi connectivity index (χ1) is 49.4. The van der Waals surface area contributed by atoms with Crippen molar-refractivity contribution < 1.29 is 9.31 Å². The summed E-state index contributed by atoms with van der Waals surface area (Å²) in [7, 11) is 1.42. The quantitative estimate of drug-likeness (QED) is 0.172. The molecule has 1 N–H and O–H groups in total. The fraction of sp³-hybridized carbons (Fsp3) is 0.345. The van der Waals surface area contributed by atoms with Crippen LogP contribution in [0, 0.1) is 62.3 Å². The van der Waals surface area contributed by atoms with Gasteiger partial charge in [0, 0.05) is 104 Å². The largest absolute Gasteiger partial charge is 0.488 e. The van der Waals surface area contributed by atoms with Gasteiger partial charge in [-0.1, -0.05) is 111 Å². The van der Waals surface area contributed by atoms with Crippen LogP contribution in [0.5, 0.6) is 0 Å². The third-order valence-corrected chi connectivity index (χ3v) is 22.9. The van der Waals surface area contributed by atoms with Crippen molar-refractivity contribution >= 4 is 175 Å². The highest BCUT2D eigenvalue weighted by Gasteiger charge is 2.46. The van der Waals surface area contributed by atoms with Gasteiger partial charge in [-0.3, -0.25) is 4.98 Å². The van der Waals surface area contributed by atoms with Gasteiger partial charge in [0.25, 0.3) is 6.71 Å². The number of aryl methyl sites for hydroxylation is 9. The van der Waals surface area contributed by atoms with Gasteiger partial charge in [0.1, 0.15) is 0 Å². The third kappa shape index (κ3) is 17.0. The number of hydrogen-bond donors (Lipinski definition) is 1. The summed E-state index contributed by atoms with van der Waals surface area (Å²) in [4.78, 5) is 14.6. The summed E-state index contributed by atoms with van der Waals surface area (Å²) in [6, 6.07) is 58.0. The van der Waals surface area contributed by atoms with Crippen LogP contribution in [-0.4, -0.2) is 66.5 Å². The van der Waals surface area contributed by atoms with Crippen LogP contribution < -0.4 is 41.3 Å². The lowest BCUT2D eigenvalue weighted by atomic mass is 9.33. The van der Waals surface area contributed by atoms with Crippen molar-refractivity contribution in [1.29, 1.82) is 0 Å². The molecule has 0 bridgehead atoms. The zero-order valence-electron chi connectivity index (χ0n) is 62.4. The lowest BCUT2D eigenvalue weighted by Crippen LogP contribution is -2.63. The monoisotopic (exact) mass is 1690 g/mol. The number of anilines is 9. The minimum Gasteiger partial charge on any atom is -0.405 e. The molecule has 10 aromatic rings. The summed E-state index contributed by atoms with van der Waals surface area (Å²) in [5.74, 6) is 0. The predicted octanol–water partition coefficient (Wildman–Crippen LogP) is 22.4. The molecule has 8 aliphatic heterocycles. The Balaban J connectivity index is 0.000000125. The number of aromatic nitrogens is 1. The Hall–Kier alpha value is -6.10. The number of benzene rings is 9. The Morgan fingerprint density at radius 3 is 1.34 bits per heavy atom. The summed E-state index contributed by atoms with van der Waals surface area (Å²) in [6.45, 7) is 34.0. The zero-order chi connectivity index (χ0) is 73.0. The number of halogens is 5. The van der Waals surface area contributed by atoms with Crippen molar-refractivity contribution in [2.45, 2.75) is 165 Å². The molecule has 1 fully saturated rings. The maximum Gasteiger partial charge on any atom is 0.488 e. The Morgan fingerprint density at radius 1 is 0.437 bits per heavy atom. The molecule has 18 rings (SSSR count). The van der Waals surface area contributed by atoms with Gasteiger partial charge in [0.15, 0.2) is 0 Å². The van der Waals surface area contributed by atoms with Crippen molar-refractivity contribution in [3.05, 3.63) is 251 Å². The van der Waals surface area contributed by atoms with Crippen LogP contribution in [-0.2, 0) is 41.4 Å². The first-order valence-corrected chi connectivity index (χ1v) is 41.1. The molecule has 0 aliphatic carbocycles. The molecule has 1 aromatic heterocycles. The molecule has 1 radical (unpaired) electrons. The average Bonchev–Trinajstić information content (AvgIpc) is 0.948. The Bertz CT molecular complexity index is 4490. The van der Waals surface area contributed by atoms with Crippen LogP contribution >= 0.6 is 79.1 Å². The van der Waals surface area contributed by atoms with Crippen LogP contribution in [0.1, 0.15) is 138 Å². The summed E-state index contributed by atoms with van der Waals surface area (Å²) < 4.78 is 12.9. The van der Waals surface area contributed by atoms with Gasteiger partial charge in [0.2, 0.25) is 0 Å². The van der Waals surface area contributed by atoms with E-state index in [1.54, 1.807) is 16.6 Å². The number of rotatable bonds is 2. The van der Waals surface area contributed by atoms with E-state index < -0.39 is 0 Å². The maximum absolute atomic E-state index is 5.21. The molecule has 9 heterocycles. The van der Waals surface area contributed by atoms with E-state index in [0.29, 0.717) is 6.71 Å². The molecular weight excluding hydrogens is 1590 g/mol. The topological polar surface area (TPSA) is 56.3 Å². The minimum atomic E-state index is -0.188. The second kappa shape index (κ2) is 33.4. The number of nitrogens with one attached hydrogen (secondary N) is 1. The number of fused-ring (bicyclic) bond motifs is 8. The van der Waals surface area contributed by atoms with E-state index >= 15 is 0 Å². The second-order valence-corrected chi connectivity index (χ2v) is 38.0. The smallest absolute Gasteiger partial charge is 0.405 e. The van der Waals surface area contributed by atoms with Crippen molar-refractivity contribution in [3.63, 3.8) is 0 Å². The van der Waals surface area contributed by atoms with Gasteiger partial charge < -0.3 is 34.2 Å². The Kier molecular flexibility index (Phi) is 24.8. The lowest BCUT2D eigenvalue weighted by molar-refractivity contribution is 0.00578. The predicted molar refractivity (Wildman–Crippen MR) is 463 cm³/mol. The zero-order valence-corrected chi connectivity index (χ0v) is 70.3. The van der Waals surface area contributed by atoms with Crippen molar-refractivity contribution in [2.24, 2.45) is 0 Å². The normalized spacial score (nSPS) is 16.0. The van der Waals surface area contributed by atoms with Gasteiger partial charge in [-0.05, 0) is 327 Å². The fourth-order valence-electron chi connectivity index (χ4n) is 16.1. The van der Waals surface area contributed by atoms with Crippen molar-refractivity contribution in [2.75, 3.05) is 57.6 Å². The SMILES string of the molecule is BrB(Br)Br.CC1(C)O[B]OC1(C)C.Cc1cc(Br)cc(Br)c1.Cc1cc(N2CCCc3c(C)cccc32)cc(N2CCCc3c(C)cccc32)c1.Cc1cc2c3c(c1)N1CCCc4c(C)ccc(c41)B3c1ccc(C)c3c1N2CCC3.Cc1cccc2c1CCCN2.Cc1cccc2ncccc12. The molecule has 0 saturated carbocycles. The number of nitrogens with zero attached hydrogens (tertiary/aromatic N) is 5. The fourth-order valence-corrected chi connectivity index (χ4v) is 17.7. The van der Waals surface area contributed by atoms with E-state index in [0.717, 1.165) is 47.2 Å². The molecule has 103 heavy (non-hydrogen) atoms. The first kappa shape index (κ1) is 76.5. The number of pyridine rings is 1. The van der Waals surface area contributed by atoms with Crippen LogP contribution in [0.4, 0.5) is 51.2 Å². The standard InChI is InChI=1S/C27H27BN2.C27H30N2.C10H13N.C10H9N.C7H6Br2.C6H12BO2.BBr3/c1-16-14-23-25-24(15-16)30-13-5-7-20-18(3)9-11-22(27(20)30)28(25)21-10-8-17(2)19-6-4-12-29(23)26(19)21;1-19-16-22(28-14-6-10-24-20(2)8-4-12-26(24)28)18-23(17-19)29-15-7-11-25-21(3)9-5-13-27(25)29;2*1-8-4-2-6-10-9(8)5-3-7-11-10;1-5-2-6(8)4-7(9)3-5;1-5(2)6(3,4)9-7-8-5;2-1(3)4/h8-11,14-15H,4-7,12-13H2,1-3H3;4-5,8-9,12-13,16-18H,6-7,10-11,14-15H2,1-3H3;2,4,6,11H,3,5,7H2,1H3;2-7H,1H3;2-4H,1H3;1-4H3;. The molecule has 9 aromatic carbocycles. The Morgan fingerprint density at radius 2 is 0.864 bits per heavy atom. The lowest BCUT2D eigenvalue weighted by Gasteiger charge is -2.48. The molecule has 8 nitrogen and oxygen atoms in total. The van der Waals surface area contributed by atoms with Gasteiger partial charge in [0.05, 0.1) is 16.7 Å². The molecule has 8 aliphatic rings. The first-order valence-electron chi connectivity index (χ1n) is 36.8. The maximum atomic E-state index is 5.21. The molecule has 531 valence electrons. The van der Waals surface area contributed by atoms with Crippen LogP contribution in [0.3, 0.4) is 0 Å². The van der Waals surface area contributed by atoms with E-state index in [2.05, 4.69) is 305 Å². The molecule has 16 heteroatoms. The summed E-state index contributed by atoms with van der Waals surface area (Å²) in [5, 5.41) is 4.65. The van der Waals surface area contributed by atoms with E-state index in [-0.39, 0.29) is 14.4 Å². The molecule has 0 unspecified atom stereocenters. The minimum absolute atomic E-state index is 0.187. The second-order valence-electron chi connectivity index (χ2n) is 29.8. The van der Waals surface area contributed by atoms with E-state index in [4.69, 9.17) is 9.31 Å². The van der Waals surface area contributed by atoms with Gasteiger partial charge in [-0.25, -0.2) is 0 Å². The summed E-state index contributed by atoms with van der Waals surface area (Å²) >= 11 is 16.1. The van der Waals surface area contributed by atoms with E-state index in [1.165, 1.54) is 206 Å². The average molecular weight is 1690 g/mol. The van der Waals surface area contributed by atoms with Crippen LogP contribution in [0.15, 0.2) is 173 Å². The number of hydrogen-bond acceptors (Lipinski definition) is 8. The van der Waals surface area contributed by atoms with E-state index in [9.17, 15) is 0 Å². The molecule has 0 spiro atoms.